The second-order valence-corrected chi connectivity index (χ2v) is 8.44. The van der Waals surface area contributed by atoms with Crippen molar-refractivity contribution >= 4 is 11.9 Å². The zero-order chi connectivity index (χ0) is 22.5. The van der Waals surface area contributed by atoms with Gasteiger partial charge >= 0.3 is 5.97 Å². The molecule has 3 heterocycles. The Kier molecular flexibility index (Phi) is 7.14. The van der Waals surface area contributed by atoms with E-state index in [1.165, 1.54) is 12.1 Å². The molecule has 0 radical (unpaired) electrons. The molecule has 2 saturated heterocycles. The van der Waals surface area contributed by atoms with Gasteiger partial charge in [0.1, 0.15) is 5.82 Å². The van der Waals surface area contributed by atoms with Crippen molar-refractivity contribution in [1.29, 1.82) is 0 Å². The highest BCUT2D eigenvalue weighted by atomic mass is 19.1. The lowest BCUT2D eigenvalue weighted by molar-refractivity contribution is -0.152. The molecule has 0 spiro atoms. The molecular formula is C23H29FN4O4. The zero-order valence-corrected chi connectivity index (χ0v) is 18.3. The van der Waals surface area contributed by atoms with Crippen LogP contribution in [-0.4, -0.2) is 64.6 Å². The molecule has 8 nitrogen and oxygen atoms in total. The van der Waals surface area contributed by atoms with Gasteiger partial charge < -0.3 is 14.2 Å². The molecule has 4 rings (SSSR count). The SMILES string of the molecule is CCOC(=O)C1CCN(C(=O)C2CCCN(Cc3nc(-c4ccc(F)cc4)no3)C2)CC1. The van der Waals surface area contributed by atoms with Gasteiger partial charge in [0.05, 0.1) is 25.0 Å². The maximum absolute atomic E-state index is 13.1. The van der Waals surface area contributed by atoms with E-state index >= 15 is 0 Å². The third kappa shape index (κ3) is 5.32. The molecule has 0 aliphatic carbocycles. The van der Waals surface area contributed by atoms with Gasteiger partial charge in [0, 0.05) is 25.2 Å². The van der Waals surface area contributed by atoms with Gasteiger partial charge in [-0.25, -0.2) is 4.39 Å². The monoisotopic (exact) mass is 444 g/mol. The molecule has 0 N–H and O–H groups in total. The first-order chi connectivity index (χ1) is 15.5. The van der Waals surface area contributed by atoms with E-state index in [9.17, 15) is 14.0 Å². The number of likely N-dealkylation sites (tertiary alicyclic amines) is 2. The number of hydrogen-bond acceptors (Lipinski definition) is 7. The van der Waals surface area contributed by atoms with Crippen LogP contribution in [0.3, 0.4) is 0 Å². The molecule has 2 aromatic rings. The highest BCUT2D eigenvalue weighted by molar-refractivity contribution is 5.80. The Morgan fingerprint density at radius 1 is 1.12 bits per heavy atom. The fraction of sp³-hybridized carbons (Fsp3) is 0.565. The van der Waals surface area contributed by atoms with Crippen molar-refractivity contribution in [3.05, 3.63) is 36.0 Å². The van der Waals surface area contributed by atoms with Gasteiger partial charge in [-0.05, 0) is 63.4 Å². The first kappa shape index (κ1) is 22.4. The second-order valence-electron chi connectivity index (χ2n) is 8.44. The van der Waals surface area contributed by atoms with Crippen molar-refractivity contribution in [2.24, 2.45) is 11.8 Å². The molecular weight excluding hydrogens is 415 g/mol. The van der Waals surface area contributed by atoms with Crippen molar-refractivity contribution in [2.75, 3.05) is 32.8 Å². The van der Waals surface area contributed by atoms with Crippen molar-refractivity contribution < 1.29 is 23.2 Å². The lowest BCUT2D eigenvalue weighted by atomic mass is 9.93. The summed E-state index contributed by atoms with van der Waals surface area (Å²) in [6.07, 6.45) is 3.11. The minimum absolute atomic E-state index is 0.0672. The number of carbonyl (C=O) groups is 2. The molecule has 0 saturated carbocycles. The number of amides is 1. The van der Waals surface area contributed by atoms with Crippen LogP contribution in [0.2, 0.25) is 0 Å². The highest BCUT2D eigenvalue weighted by Gasteiger charge is 2.33. The van der Waals surface area contributed by atoms with Gasteiger partial charge in [-0.15, -0.1) is 0 Å². The molecule has 2 fully saturated rings. The van der Waals surface area contributed by atoms with Crippen LogP contribution in [0.5, 0.6) is 0 Å². The number of aromatic nitrogens is 2. The topological polar surface area (TPSA) is 88.8 Å². The number of benzene rings is 1. The van der Waals surface area contributed by atoms with E-state index < -0.39 is 0 Å². The Hall–Kier alpha value is -2.81. The van der Waals surface area contributed by atoms with E-state index in [1.807, 2.05) is 11.8 Å². The summed E-state index contributed by atoms with van der Waals surface area (Å²) in [6.45, 7) is 5.38. The molecule has 1 amide bonds. The third-order valence-electron chi connectivity index (χ3n) is 6.21. The molecule has 1 aromatic carbocycles. The number of nitrogens with zero attached hydrogens (tertiary/aromatic N) is 4. The number of ether oxygens (including phenoxy) is 1. The summed E-state index contributed by atoms with van der Waals surface area (Å²) in [6, 6.07) is 5.96. The first-order valence-corrected chi connectivity index (χ1v) is 11.3. The van der Waals surface area contributed by atoms with E-state index in [-0.39, 0.29) is 29.5 Å². The van der Waals surface area contributed by atoms with E-state index in [0.717, 1.165) is 19.4 Å². The summed E-state index contributed by atoms with van der Waals surface area (Å²) < 4.78 is 23.6. The van der Waals surface area contributed by atoms with Gasteiger partial charge in [-0.2, -0.15) is 4.98 Å². The molecule has 2 aliphatic rings. The normalized spacial score (nSPS) is 20.3. The minimum Gasteiger partial charge on any atom is -0.466 e. The fourth-order valence-electron chi connectivity index (χ4n) is 4.48. The molecule has 1 aromatic heterocycles. The van der Waals surface area contributed by atoms with Crippen molar-refractivity contribution in [3.63, 3.8) is 0 Å². The van der Waals surface area contributed by atoms with E-state index in [1.54, 1.807) is 12.1 Å². The Morgan fingerprint density at radius 2 is 1.88 bits per heavy atom. The first-order valence-electron chi connectivity index (χ1n) is 11.3. The van der Waals surface area contributed by atoms with Gasteiger partial charge in [-0.3, -0.25) is 14.5 Å². The third-order valence-corrected chi connectivity index (χ3v) is 6.21. The van der Waals surface area contributed by atoms with Crippen LogP contribution in [0.15, 0.2) is 28.8 Å². The summed E-state index contributed by atoms with van der Waals surface area (Å²) in [7, 11) is 0. The average molecular weight is 445 g/mol. The van der Waals surface area contributed by atoms with Crippen molar-refractivity contribution in [3.8, 4) is 11.4 Å². The summed E-state index contributed by atoms with van der Waals surface area (Å²) in [5.41, 5.74) is 0.694. The molecule has 172 valence electrons. The van der Waals surface area contributed by atoms with Crippen molar-refractivity contribution in [1.82, 2.24) is 19.9 Å². The number of halogens is 1. The lowest BCUT2D eigenvalue weighted by Crippen LogP contribution is -2.47. The maximum Gasteiger partial charge on any atom is 0.309 e. The van der Waals surface area contributed by atoms with Crippen LogP contribution in [0.4, 0.5) is 4.39 Å². The minimum atomic E-state index is -0.313. The molecule has 32 heavy (non-hydrogen) atoms. The summed E-state index contributed by atoms with van der Waals surface area (Å²) in [4.78, 5) is 33.5. The maximum atomic E-state index is 13.1. The van der Waals surface area contributed by atoms with E-state index in [4.69, 9.17) is 9.26 Å². The predicted molar refractivity (Wildman–Crippen MR) is 114 cm³/mol. The predicted octanol–water partition coefficient (Wildman–Crippen LogP) is 2.89. The number of carbonyl (C=O) groups excluding carboxylic acids is 2. The smallest absolute Gasteiger partial charge is 0.309 e. The molecule has 0 bridgehead atoms. The van der Waals surface area contributed by atoms with E-state index in [2.05, 4.69) is 15.0 Å². The number of piperidine rings is 2. The Balaban J connectivity index is 1.30. The van der Waals surface area contributed by atoms with Crippen molar-refractivity contribution in [2.45, 2.75) is 39.2 Å². The number of esters is 1. The molecule has 2 aliphatic heterocycles. The zero-order valence-electron chi connectivity index (χ0n) is 18.3. The Morgan fingerprint density at radius 3 is 2.59 bits per heavy atom. The lowest BCUT2D eigenvalue weighted by Gasteiger charge is -2.37. The Labute approximate surface area is 186 Å². The van der Waals surface area contributed by atoms with Gasteiger partial charge in [0.2, 0.25) is 17.6 Å². The van der Waals surface area contributed by atoms with Gasteiger partial charge in [-0.1, -0.05) is 5.16 Å². The number of rotatable bonds is 6. The second kappa shape index (κ2) is 10.2. The fourth-order valence-corrected chi connectivity index (χ4v) is 4.48. The summed E-state index contributed by atoms with van der Waals surface area (Å²) in [5, 5.41) is 4.00. The van der Waals surface area contributed by atoms with E-state index in [0.29, 0.717) is 62.9 Å². The summed E-state index contributed by atoms with van der Waals surface area (Å²) >= 11 is 0. The van der Waals surface area contributed by atoms with Crippen LogP contribution in [0.25, 0.3) is 11.4 Å². The number of hydrogen-bond donors (Lipinski definition) is 0. The average Bonchev–Trinajstić information content (AvgIpc) is 3.28. The van der Waals surface area contributed by atoms with Gasteiger partial charge in [0.15, 0.2) is 0 Å². The largest absolute Gasteiger partial charge is 0.466 e. The van der Waals surface area contributed by atoms with Crippen LogP contribution < -0.4 is 0 Å². The highest BCUT2D eigenvalue weighted by Crippen LogP contribution is 2.25. The standard InChI is InChI=1S/C23H29FN4O4/c1-2-31-23(30)17-9-12-28(13-10-17)22(29)18-4-3-11-27(14-18)15-20-25-21(26-32-20)16-5-7-19(24)8-6-16/h5-8,17-18H,2-4,9-15H2,1H3. The van der Waals surface area contributed by atoms with Gasteiger partial charge in [0.25, 0.3) is 0 Å². The van der Waals surface area contributed by atoms with Crippen LogP contribution >= 0.6 is 0 Å². The van der Waals surface area contributed by atoms with Crippen LogP contribution in [0, 0.1) is 17.7 Å². The molecule has 1 unspecified atom stereocenters. The van der Waals surface area contributed by atoms with Crippen LogP contribution in [0.1, 0.15) is 38.5 Å². The molecule has 1 atom stereocenters. The summed E-state index contributed by atoms with van der Waals surface area (Å²) in [5.74, 6) is 0.433. The van der Waals surface area contributed by atoms with Crippen LogP contribution in [-0.2, 0) is 20.9 Å². The quantitative estimate of drug-likeness (QED) is 0.633. The Bertz CT molecular complexity index is 924. The molecule has 9 heteroatoms.